The molecule has 0 saturated heterocycles. The maximum absolute atomic E-state index is 11.7. The van der Waals surface area contributed by atoms with Crippen LogP contribution in [-0.4, -0.2) is 36.9 Å². The first-order valence-corrected chi connectivity index (χ1v) is 6.93. The second kappa shape index (κ2) is 7.10. The van der Waals surface area contributed by atoms with Crippen molar-refractivity contribution in [3.8, 4) is 0 Å². The number of nitrogens with one attached hydrogen (secondary N) is 1. The van der Waals surface area contributed by atoms with Crippen LogP contribution in [0.4, 0.5) is 0 Å². The molecule has 3 unspecified atom stereocenters. The molecule has 0 heterocycles. The van der Waals surface area contributed by atoms with Crippen molar-refractivity contribution in [2.24, 2.45) is 11.8 Å². The van der Waals surface area contributed by atoms with Crippen LogP contribution in [0.5, 0.6) is 0 Å². The minimum Gasteiger partial charge on any atom is -0.388 e. The van der Waals surface area contributed by atoms with Gasteiger partial charge in [-0.2, -0.15) is 0 Å². The van der Waals surface area contributed by atoms with Crippen molar-refractivity contribution < 1.29 is 14.6 Å². The van der Waals surface area contributed by atoms with Crippen molar-refractivity contribution in [2.45, 2.75) is 51.6 Å². The average molecular weight is 257 g/mol. The van der Waals surface area contributed by atoms with Gasteiger partial charge in [0, 0.05) is 26.7 Å². The zero-order valence-corrected chi connectivity index (χ0v) is 11.9. The summed E-state index contributed by atoms with van der Waals surface area (Å²) in [5.41, 5.74) is -0.697. The van der Waals surface area contributed by atoms with E-state index in [1.54, 1.807) is 7.11 Å². The second-order valence-corrected chi connectivity index (χ2v) is 5.97. The lowest BCUT2D eigenvalue weighted by Gasteiger charge is -2.35. The van der Waals surface area contributed by atoms with Gasteiger partial charge >= 0.3 is 0 Å². The number of carbonyl (C=O) groups excluding carboxylic acids is 1. The van der Waals surface area contributed by atoms with Crippen LogP contribution in [0.2, 0.25) is 0 Å². The molecule has 0 radical (unpaired) electrons. The highest BCUT2D eigenvalue weighted by atomic mass is 16.5. The largest absolute Gasteiger partial charge is 0.388 e. The fourth-order valence-corrected chi connectivity index (χ4v) is 2.79. The van der Waals surface area contributed by atoms with Gasteiger partial charge in [0.2, 0.25) is 5.91 Å². The predicted molar refractivity (Wildman–Crippen MR) is 71.2 cm³/mol. The zero-order valence-electron chi connectivity index (χ0n) is 11.9. The van der Waals surface area contributed by atoms with Crippen molar-refractivity contribution in [1.29, 1.82) is 0 Å². The molecule has 0 aromatic heterocycles. The van der Waals surface area contributed by atoms with E-state index in [4.69, 9.17) is 4.74 Å². The van der Waals surface area contributed by atoms with E-state index in [-0.39, 0.29) is 11.8 Å². The van der Waals surface area contributed by atoms with E-state index >= 15 is 0 Å². The van der Waals surface area contributed by atoms with Crippen LogP contribution in [0.3, 0.4) is 0 Å². The van der Waals surface area contributed by atoms with E-state index in [0.717, 1.165) is 19.3 Å². The average Bonchev–Trinajstić information content (AvgIpc) is 2.26. The van der Waals surface area contributed by atoms with Crippen LogP contribution in [0.1, 0.15) is 46.0 Å². The fraction of sp³-hybridized carbons (Fsp3) is 0.929. The first-order valence-electron chi connectivity index (χ1n) is 6.93. The van der Waals surface area contributed by atoms with E-state index in [9.17, 15) is 9.90 Å². The number of methoxy groups -OCH3 is 1. The summed E-state index contributed by atoms with van der Waals surface area (Å²) in [6.07, 6.45) is 4.28. The molecule has 1 amide bonds. The smallest absolute Gasteiger partial charge is 0.220 e. The maximum atomic E-state index is 11.7. The van der Waals surface area contributed by atoms with E-state index in [1.165, 1.54) is 6.42 Å². The van der Waals surface area contributed by atoms with Gasteiger partial charge in [-0.1, -0.05) is 26.7 Å². The van der Waals surface area contributed by atoms with Gasteiger partial charge in [-0.3, -0.25) is 4.79 Å². The molecule has 1 rings (SSSR count). The zero-order chi connectivity index (χ0) is 13.6. The molecule has 2 N–H and O–H groups in total. The van der Waals surface area contributed by atoms with Crippen LogP contribution in [0.15, 0.2) is 0 Å². The molecule has 1 fully saturated rings. The molecule has 0 aliphatic heterocycles. The third-order valence-corrected chi connectivity index (χ3v) is 3.67. The Labute approximate surface area is 110 Å². The summed E-state index contributed by atoms with van der Waals surface area (Å²) in [5, 5.41) is 13.2. The Hall–Kier alpha value is -0.610. The lowest BCUT2D eigenvalue weighted by Crippen LogP contribution is -2.46. The molecular weight excluding hydrogens is 230 g/mol. The minimum atomic E-state index is -0.697. The number of rotatable bonds is 6. The third kappa shape index (κ3) is 5.36. The Balaban J connectivity index is 2.28. The van der Waals surface area contributed by atoms with Crippen molar-refractivity contribution in [3.05, 3.63) is 0 Å². The summed E-state index contributed by atoms with van der Waals surface area (Å²) < 4.78 is 5.00. The molecule has 0 bridgehead atoms. The standard InChI is InChI=1S/C14H27NO3/c1-11-5-4-6-14(17,8-11)10-15-13(16)7-12(2)9-18-3/h11-12,17H,4-10H2,1-3H3,(H,15,16). The van der Waals surface area contributed by atoms with E-state index < -0.39 is 5.60 Å². The SMILES string of the molecule is COCC(C)CC(=O)NCC1(O)CCCC(C)C1. The molecule has 1 aliphatic rings. The molecule has 0 aromatic carbocycles. The monoisotopic (exact) mass is 257 g/mol. The van der Waals surface area contributed by atoms with Gasteiger partial charge < -0.3 is 15.2 Å². The van der Waals surface area contributed by atoms with Crippen molar-refractivity contribution in [1.82, 2.24) is 5.32 Å². The summed E-state index contributed by atoms with van der Waals surface area (Å²) >= 11 is 0. The molecule has 106 valence electrons. The lowest BCUT2D eigenvalue weighted by molar-refractivity contribution is -0.124. The molecule has 3 atom stereocenters. The van der Waals surface area contributed by atoms with Crippen LogP contribution >= 0.6 is 0 Å². The highest BCUT2D eigenvalue weighted by Crippen LogP contribution is 2.31. The summed E-state index contributed by atoms with van der Waals surface area (Å²) in [5.74, 6) is 0.772. The lowest BCUT2D eigenvalue weighted by atomic mass is 9.79. The summed E-state index contributed by atoms with van der Waals surface area (Å²) in [6.45, 7) is 5.12. The van der Waals surface area contributed by atoms with Crippen LogP contribution < -0.4 is 5.32 Å². The summed E-state index contributed by atoms with van der Waals surface area (Å²) in [6, 6.07) is 0. The molecule has 1 aliphatic carbocycles. The Morgan fingerprint density at radius 3 is 2.94 bits per heavy atom. The van der Waals surface area contributed by atoms with Crippen LogP contribution in [0.25, 0.3) is 0 Å². The molecule has 0 spiro atoms. The van der Waals surface area contributed by atoms with Gasteiger partial charge in [0.15, 0.2) is 0 Å². The van der Waals surface area contributed by atoms with Gasteiger partial charge in [-0.25, -0.2) is 0 Å². The van der Waals surface area contributed by atoms with Crippen LogP contribution in [0, 0.1) is 11.8 Å². The Bertz CT molecular complexity index is 270. The van der Waals surface area contributed by atoms with Gasteiger partial charge in [0.05, 0.1) is 5.60 Å². The number of aliphatic hydroxyl groups is 1. The van der Waals surface area contributed by atoms with Crippen LogP contribution in [-0.2, 0) is 9.53 Å². The maximum Gasteiger partial charge on any atom is 0.220 e. The first-order chi connectivity index (χ1) is 8.45. The van der Waals surface area contributed by atoms with E-state index in [0.29, 0.717) is 25.5 Å². The molecule has 4 heteroatoms. The van der Waals surface area contributed by atoms with Gasteiger partial charge in [0.1, 0.15) is 0 Å². The third-order valence-electron chi connectivity index (χ3n) is 3.67. The topological polar surface area (TPSA) is 58.6 Å². The summed E-state index contributed by atoms with van der Waals surface area (Å²) in [7, 11) is 1.64. The fourth-order valence-electron chi connectivity index (χ4n) is 2.79. The molecular formula is C14H27NO3. The number of ether oxygens (including phenoxy) is 1. The van der Waals surface area contributed by atoms with Gasteiger partial charge in [0.25, 0.3) is 0 Å². The van der Waals surface area contributed by atoms with Crippen molar-refractivity contribution >= 4 is 5.91 Å². The number of carbonyl (C=O) groups is 1. The van der Waals surface area contributed by atoms with Gasteiger partial charge in [-0.15, -0.1) is 0 Å². The highest BCUT2D eigenvalue weighted by molar-refractivity contribution is 5.76. The number of hydrogen-bond donors (Lipinski definition) is 2. The first kappa shape index (κ1) is 15.4. The predicted octanol–water partition coefficient (Wildman–Crippen LogP) is 1.72. The van der Waals surface area contributed by atoms with E-state index in [2.05, 4.69) is 12.2 Å². The molecule has 18 heavy (non-hydrogen) atoms. The van der Waals surface area contributed by atoms with E-state index in [1.807, 2.05) is 6.92 Å². The molecule has 0 aromatic rings. The normalized spacial score (nSPS) is 29.9. The molecule has 1 saturated carbocycles. The highest BCUT2D eigenvalue weighted by Gasteiger charge is 2.32. The Kier molecular flexibility index (Phi) is 6.09. The Morgan fingerprint density at radius 1 is 1.61 bits per heavy atom. The summed E-state index contributed by atoms with van der Waals surface area (Å²) in [4.78, 5) is 11.7. The minimum absolute atomic E-state index is 0.00574. The van der Waals surface area contributed by atoms with Crippen molar-refractivity contribution in [3.63, 3.8) is 0 Å². The number of hydrogen-bond acceptors (Lipinski definition) is 3. The quantitative estimate of drug-likeness (QED) is 0.761. The Morgan fingerprint density at radius 2 is 2.33 bits per heavy atom. The van der Waals surface area contributed by atoms with Crippen molar-refractivity contribution in [2.75, 3.05) is 20.3 Å². The van der Waals surface area contributed by atoms with Gasteiger partial charge in [-0.05, 0) is 24.7 Å². The number of amides is 1. The second-order valence-electron chi connectivity index (χ2n) is 5.97. The molecule has 4 nitrogen and oxygen atoms in total.